The Morgan fingerprint density at radius 3 is 2.21 bits per heavy atom. The van der Waals surface area contributed by atoms with Crippen LogP contribution >= 0.6 is 0 Å². The van der Waals surface area contributed by atoms with E-state index in [1.165, 1.54) is 27.9 Å². The first-order valence-corrected chi connectivity index (χ1v) is 15.6. The number of ether oxygens (including phenoxy) is 1. The maximum absolute atomic E-state index is 6.29. The van der Waals surface area contributed by atoms with Crippen LogP contribution in [0.4, 0.5) is 0 Å². The lowest BCUT2D eigenvalue weighted by Gasteiger charge is -2.29. The molecule has 0 bridgehead atoms. The van der Waals surface area contributed by atoms with E-state index < -0.39 is 0 Å². The summed E-state index contributed by atoms with van der Waals surface area (Å²) in [4.78, 5) is 13.6. The molecule has 0 spiro atoms. The van der Waals surface area contributed by atoms with Gasteiger partial charge in [0, 0.05) is 55.2 Å². The lowest BCUT2D eigenvalue weighted by atomic mass is 9.94. The number of hydrogen-bond donors (Lipinski definition) is 0. The second kappa shape index (κ2) is 15.1. The van der Waals surface area contributed by atoms with E-state index in [2.05, 4.69) is 129 Å². The molecule has 5 rings (SSSR count). The maximum atomic E-state index is 6.29. The summed E-state index contributed by atoms with van der Waals surface area (Å²) in [7, 11) is 0. The van der Waals surface area contributed by atoms with Gasteiger partial charge in [0.2, 0.25) is 0 Å². The molecule has 0 N–H and O–H groups in total. The standard InChI is InChI=1S/C38H45N3O2/c1-28(2)38(42-27-31-14-8-5-9-15-31)29(3)26-43-40-30(4)20-22-41-23-21-36-34(25-41)24-35(32-16-10-6-11-17-32)37(39-36)33-18-12-7-13-19-33/h5-19,24,28-29,38H,20-23,25-27H2,1-4H3/t29-,38-/m1/s1. The van der Waals surface area contributed by atoms with E-state index in [9.17, 15) is 0 Å². The average molecular weight is 576 g/mol. The summed E-state index contributed by atoms with van der Waals surface area (Å²) in [6, 6.07) is 33.9. The molecule has 1 aromatic heterocycles. The smallest absolute Gasteiger partial charge is 0.122 e. The summed E-state index contributed by atoms with van der Waals surface area (Å²) < 4.78 is 6.29. The highest BCUT2D eigenvalue weighted by Gasteiger charge is 2.23. The van der Waals surface area contributed by atoms with Gasteiger partial charge in [-0.1, -0.05) is 117 Å². The van der Waals surface area contributed by atoms with Gasteiger partial charge in [-0.2, -0.15) is 0 Å². The molecule has 0 saturated carbocycles. The van der Waals surface area contributed by atoms with E-state index >= 15 is 0 Å². The Kier molecular flexibility index (Phi) is 10.8. The number of hydrogen-bond acceptors (Lipinski definition) is 5. The van der Waals surface area contributed by atoms with Crippen molar-refractivity contribution >= 4 is 5.71 Å². The van der Waals surface area contributed by atoms with Crippen LogP contribution in [0, 0.1) is 11.8 Å². The van der Waals surface area contributed by atoms with E-state index in [4.69, 9.17) is 14.6 Å². The van der Waals surface area contributed by atoms with Crippen LogP contribution in [0.15, 0.2) is 102 Å². The zero-order chi connectivity index (χ0) is 30.0. The average Bonchev–Trinajstić information content (AvgIpc) is 3.04. The van der Waals surface area contributed by atoms with Gasteiger partial charge in [-0.15, -0.1) is 0 Å². The van der Waals surface area contributed by atoms with Crippen LogP contribution in [-0.4, -0.2) is 41.4 Å². The summed E-state index contributed by atoms with van der Waals surface area (Å²) in [6.07, 6.45) is 1.94. The molecule has 0 radical (unpaired) electrons. The number of aromatic nitrogens is 1. The van der Waals surface area contributed by atoms with Crippen LogP contribution in [0.3, 0.4) is 0 Å². The third-order valence-electron chi connectivity index (χ3n) is 8.23. The van der Waals surface area contributed by atoms with Crippen molar-refractivity contribution in [1.82, 2.24) is 9.88 Å². The minimum absolute atomic E-state index is 0.112. The molecule has 4 aromatic rings. The van der Waals surface area contributed by atoms with Gasteiger partial charge in [0.1, 0.15) is 6.61 Å². The molecule has 0 unspecified atom stereocenters. The van der Waals surface area contributed by atoms with Crippen molar-refractivity contribution in [2.45, 2.75) is 59.8 Å². The van der Waals surface area contributed by atoms with Gasteiger partial charge in [0.05, 0.1) is 24.1 Å². The predicted molar refractivity (Wildman–Crippen MR) is 177 cm³/mol. The Balaban J connectivity index is 1.16. The molecule has 0 saturated heterocycles. The van der Waals surface area contributed by atoms with Gasteiger partial charge in [-0.3, -0.25) is 9.88 Å². The topological polar surface area (TPSA) is 47.0 Å². The fraction of sp³-hybridized carbons (Fsp3) is 0.368. The summed E-state index contributed by atoms with van der Waals surface area (Å²) >= 11 is 0. The lowest BCUT2D eigenvalue weighted by molar-refractivity contribution is -0.0483. The second-order valence-corrected chi connectivity index (χ2v) is 12.1. The van der Waals surface area contributed by atoms with Crippen molar-refractivity contribution in [1.29, 1.82) is 0 Å². The van der Waals surface area contributed by atoms with Crippen LogP contribution in [0.2, 0.25) is 0 Å². The highest BCUT2D eigenvalue weighted by atomic mass is 16.6. The SMILES string of the molecule is CC(CCN1CCc2nc(-c3ccccc3)c(-c3ccccc3)cc2C1)=NOC[C@@H](C)[C@H](OCc1ccccc1)C(C)C. The molecule has 0 amide bonds. The van der Waals surface area contributed by atoms with Crippen molar-refractivity contribution in [3.8, 4) is 22.4 Å². The zero-order valence-corrected chi connectivity index (χ0v) is 26.1. The molecule has 2 atom stereocenters. The van der Waals surface area contributed by atoms with E-state index in [0.29, 0.717) is 19.1 Å². The van der Waals surface area contributed by atoms with Crippen molar-refractivity contribution in [3.63, 3.8) is 0 Å². The van der Waals surface area contributed by atoms with Gasteiger partial charge in [-0.25, -0.2) is 0 Å². The van der Waals surface area contributed by atoms with E-state index in [-0.39, 0.29) is 12.0 Å². The molecule has 3 aromatic carbocycles. The first kappa shape index (κ1) is 30.7. The van der Waals surface area contributed by atoms with Crippen molar-refractivity contribution in [3.05, 3.63) is 114 Å². The molecule has 1 aliphatic rings. The van der Waals surface area contributed by atoms with Gasteiger partial charge >= 0.3 is 0 Å². The Morgan fingerprint density at radius 1 is 0.884 bits per heavy atom. The largest absolute Gasteiger partial charge is 0.395 e. The maximum Gasteiger partial charge on any atom is 0.122 e. The minimum atomic E-state index is 0.112. The quantitative estimate of drug-likeness (QED) is 0.119. The second-order valence-electron chi connectivity index (χ2n) is 12.1. The van der Waals surface area contributed by atoms with Crippen molar-refractivity contribution < 1.29 is 9.57 Å². The summed E-state index contributed by atoms with van der Waals surface area (Å²) in [6.45, 7) is 12.7. The van der Waals surface area contributed by atoms with Crippen LogP contribution in [0.5, 0.6) is 0 Å². The third-order valence-corrected chi connectivity index (χ3v) is 8.23. The van der Waals surface area contributed by atoms with Gasteiger partial charge in [0.15, 0.2) is 0 Å². The number of rotatable bonds is 13. The fourth-order valence-corrected chi connectivity index (χ4v) is 5.88. The van der Waals surface area contributed by atoms with Crippen LogP contribution < -0.4 is 0 Å². The first-order chi connectivity index (χ1) is 21.0. The van der Waals surface area contributed by atoms with E-state index in [1.54, 1.807) is 0 Å². The lowest BCUT2D eigenvalue weighted by Crippen LogP contribution is -2.33. The monoisotopic (exact) mass is 575 g/mol. The van der Waals surface area contributed by atoms with Crippen LogP contribution in [0.25, 0.3) is 22.4 Å². The molecule has 43 heavy (non-hydrogen) atoms. The number of oxime groups is 1. The first-order valence-electron chi connectivity index (χ1n) is 15.6. The van der Waals surface area contributed by atoms with Gasteiger partial charge < -0.3 is 9.57 Å². The molecule has 1 aliphatic heterocycles. The highest BCUT2D eigenvalue weighted by Crippen LogP contribution is 2.34. The number of pyridine rings is 1. The molecule has 224 valence electrons. The minimum Gasteiger partial charge on any atom is -0.395 e. The molecule has 5 nitrogen and oxygen atoms in total. The summed E-state index contributed by atoms with van der Waals surface area (Å²) in [5.74, 6) is 0.640. The van der Waals surface area contributed by atoms with Gasteiger partial charge in [0.25, 0.3) is 0 Å². The molecule has 0 fully saturated rings. The van der Waals surface area contributed by atoms with Crippen molar-refractivity contribution in [2.75, 3.05) is 19.7 Å². The Morgan fingerprint density at radius 2 is 1.53 bits per heavy atom. The number of fused-ring (bicyclic) bond motifs is 1. The zero-order valence-electron chi connectivity index (χ0n) is 26.1. The fourth-order valence-electron chi connectivity index (χ4n) is 5.88. The molecular formula is C38H45N3O2. The van der Waals surface area contributed by atoms with Crippen LogP contribution in [-0.2, 0) is 29.1 Å². The Bertz CT molecular complexity index is 1460. The van der Waals surface area contributed by atoms with Gasteiger partial charge in [-0.05, 0) is 35.6 Å². The van der Waals surface area contributed by atoms with E-state index in [1.807, 2.05) is 6.07 Å². The summed E-state index contributed by atoms with van der Waals surface area (Å²) in [5.41, 5.74) is 9.37. The molecule has 5 heteroatoms. The molecule has 0 aliphatic carbocycles. The van der Waals surface area contributed by atoms with Crippen LogP contribution in [0.1, 0.15) is 50.9 Å². The normalized spacial score (nSPS) is 15.2. The Hall–Kier alpha value is -3.80. The Labute approximate surface area is 257 Å². The molecule has 2 heterocycles. The number of benzene rings is 3. The summed E-state index contributed by atoms with van der Waals surface area (Å²) in [5, 5.41) is 4.47. The third kappa shape index (κ3) is 8.40. The number of nitrogens with zero attached hydrogens (tertiary/aromatic N) is 3. The van der Waals surface area contributed by atoms with E-state index in [0.717, 1.165) is 49.4 Å². The van der Waals surface area contributed by atoms with Crippen molar-refractivity contribution in [2.24, 2.45) is 17.0 Å². The predicted octanol–water partition coefficient (Wildman–Crippen LogP) is 8.43. The molecular weight excluding hydrogens is 530 g/mol. The highest BCUT2D eigenvalue weighted by molar-refractivity contribution is 5.82.